The van der Waals surface area contributed by atoms with Gasteiger partial charge in [0.15, 0.2) is 11.0 Å². The number of benzene rings is 3. The van der Waals surface area contributed by atoms with Gasteiger partial charge in [-0.2, -0.15) is 4.99 Å². The van der Waals surface area contributed by atoms with Crippen molar-refractivity contribution in [3.63, 3.8) is 0 Å². The minimum Gasteiger partial charge on any atom is -0.406 e. The molecular weight excluding hydrogens is 612 g/mol. The molecule has 17 heteroatoms. The first-order chi connectivity index (χ1) is 20.9. The van der Waals surface area contributed by atoms with Crippen molar-refractivity contribution in [3.8, 4) is 22.8 Å². The number of nitrogens with one attached hydrogen (secondary N) is 1. The molecule has 6 rings (SSSR count). The average Bonchev–Trinajstić information content (AvgIpc) is 3.67. The van der Waals surface area contributed by atoms with Crippen LogP contribution in [0.4, 0.5) is 33.7 Å². The molecular formula is C27H14F4N6O6S. The number of hydrogen-bond donors (Lipinski definition) is 1. The zero-order chi connectivity index (χ0) is 31.2. The number of esters is 2. The number of hydrogen-bond acceptors (Lipinski definition) is 9. The van der Waals surface area contributed by atoms with Gasteiger partial charge in [0.05, 0.1) is 33.9 Å². The maximum absolute atomic E-state index is 14.9. The largest absolute Gasteiger partial charge is 0.573 e. The van der Waals surface area contributed by atoms with Crippen LogP contribution in [-0.2, 0) is 9.53 Å². The number of alkyl halides is 3. The molecule has 4 aromatic rings. The summed E-state index contributed by atoms with van der Waals surface area (Å²) < 4.78 is 61.8. The molecule has 3 amide bonds. The van der Waals surface area contributed by atoms with Crippen LogP contribution < -0.4 is 15.0 Å². The summed E-state index contributed by atoms with van der Waals surface area (Å²) in [6, 6.07) is 11.6. The first kappa shape index (κ1) is 28.5. The molecule has 3 heterocycles. The molecule has 3 aromatic carbocycles. The monoisotopic (exact) mass is 626 g/mol. The van der Waals surface area contributed by atoms with Crippen LogP contribution in [0.25, 0.3) is 17.1 Å². The molecule has 0 aliphatic carbocycles. The van der Waals surface area contributed by atoms with E-state index in [9.17, 15) is 36.7 Å². The lowest BCUT2D eigenvalue weighted by molar-refractivity contribution is -0.274. The number of urea groups is 1. The predicted octanol–water partition coefficient (Wildman–Crippen LogP) is 4.95. The molecule has 0 spiro atoms. The van der Waals surface area contributed by atoms with E-state index in [0.29, 0.717) is 5.69 Å². The Balaban J connectivity index is 1.16. The number of rotatable bonds is 5. The fraction of sp³-hybridized carbons (Fsp3) is 0.0741. The fourth-order valence-electron chi connectivity index (χ4n) is 4.22. The third kappa shape index (κ3) is 5.71. The average molecular weight is 627 g/mol. The summed E-state index contributed by atoms with van der Waals surface area (Å²) in [5.74, 6) is -3.34. The molecule has 1 saturated heterocycles. The topological polar surface area (TPSA) is 145 Å². The van der Waals surface area contributed by atoms with E-state index in [1.54, 1.807) is 0 Å². The molecule has 2 aliphatic rings. The Labute approximate surface area is 247 Å². The number of anilines is 2. The Hall–Kier alpha value is -5.58. The van der Waals surface area contributed by atoms with Crippen molar-refractivity contribution >= 4 is 52.2 Å². The fourth-order valence-corrected chi connectivity index (χ4v) is 5.08. The molecule has 12 nitrogen and oxygen atoms in total. The number of amidine groups is 1. The van der Waals surface area contributed by atoms with Crippen LogP contribution in [0.3, 0.4) is 0 Å². The normalized spacial score (nSPS) is 15.5. The molecule has 1 aromatic heterocycles. The number of carbonyl (C=O) groups is 4. The molecule has 222 valence electrons. The molecule has 44 heavy (non-hydrogen) atoms. The van der Waals surface area contributed by atoms with Crippen molar-refractivity contribution in [2.45, 2.75) is 6.36 Å². The SMILES string of the molecule is O=C(N=C1SCC(=O)N1c1ccc2c(c1)C(=O)OC2=O)Nc1ccc(-c2ncn(-c3ccc(OC(F)(F)F)cc3)n2)cc1F. The second-order valence-electron chi connectivity index (χ2n) is 9.00. The summed E-state index contributed by atoms with van der Waals surface area (Å²) in [7, 11) is 0. The van der Waals surface area contributed by atoms with Gasteiger partial charge >= 0.3 is 24.3 Å². The van der Waals surface area contributed by atoms with Gasteiger partial charge in [0.1, 0.15) is 17.9 Å². The highest BCUT2D eigenvalue weighted by atomic mass is 32.2. The van der Waals surface area contributed by atoms with Crippen LogP contribution >= 0.6 is 11.8 Å². The quantitative estimate of drug-likeness (QED) is 0.185. The van der Waals surface area contributed by atoms with Gasteiger partial charge in [-0.05, 0) is 60.7 Å². The summed E-state index contributed by atoms with van der Waals surface area (Å²) >= 11 is 0.947. The van der Waals surface area contributed by atoms with Crippen molar-refractivity contribution in [1.29, 1.82) is 0 Å². The summed E-state index contributed by atoms with van der Waals surface area (Å²) in [4.78, 5) is 57.9. The smallest absolute Gasteiger partial charge is 0.406 e. The van der Waals surface area contributed by atoms with Crippen LogP contribution in [0.5, 0.6) is 5.75 Å². The number of cyclic esters (lactones) is 2. The van der Waals surface area contributed by atoms with Gasteiger partial charge in [-0.15, -0.1) is 18.3 Å². The van der Waals surface area contributed by atoms with E-state index in [0.717, 1.165) is 34.9 Å². The Kier molecular flexibility index (Phi) is 7.08. The number of carbonyl (C=O) groups excluding carboxylic acids is 4. The van der Waals surface area contributed by atoms with Gasteiger partial charge in [0.25, 0.3) is 0 Å². The standard InChI is InChI=1S/C27H14F4N6O6S/c28-19-9-13(22-32-12-36(35-22)14-2-5-16(6-3-14)43-27(29,30)31)1-8-20(19)33-25(41)34-26-37(21(38)11-44-26)15-4-7-17-18(10-15)24(40)42-23(17)39/h1-10,12H,11H2,(H,33,41). The number of halogens is 4. The number of amides is 3. The maximum Gasteiger partial charge on any atom is 0.573 e. The number of ether oxygens (including phenoxy) is 2. The number of fused-ring (bicyclic) bond motifs is 1. The van der Waals surface area contributed by atoms with Gasteiger partial charge < -0.3 is 14.8 Å². The Morgan fingerprint density at radius 3 is 2.43 bits per heavy atom. The molecule has 0 saturated carbocycles. The second kappa shape index (κ2) is 10.9. The van der Waals surface area contributed by atoms with Gasteiger partial charge in [0.2, 0.25) is 5.91 Å². The highest BCUT2D eigenvalue weighted by Crippen LogP contribution is 2.31. The van der Waals surface area contributed by atoms with Gasteiger partial charge in [-0.25, -0.2) is 28.4 Å². The molecule has 1 N–H and O–H groups in total. The molecule has 1 fully saturated rings. The van der Waals surface area contributed by atoms with E-state index in [2.05, 4.69) is 29.9 Å². The van der Waals surface area contributed by atoms with Gasteiger partial charge in [0, 0.05) is 5.56 Å². The van der Waals surface area contributed by atoms with Gasteiger partial charge in [-0.1, -0.05) is 11.8 Å². The van der Waals surface area contributed by atoms with E-state index >= 15 is 0 Å². The summed E-state index contributed by atoms with van der Waals surface area (Å²) in [6.07, 6.45) is -3.54. The third-order valence-electron chi connectivity index (χ3n) is 6.14. The van der Waals surface area contributed by atoms with E-state index < -0.39 is 41.8 Å². The molecule has 0 atom stereocenters. The van der Waals surface area contributed by atoms with Crippen LogP contribution in [0.1, 0.15) is 20.7 Å². The number of nitrogens with zero attached hydrogens (tertiary/aromatic N) is 5. The molecule has 0 unspecified atom stereocenters. The third-order valence-corrected chi connectivity index (χ3v) is 7.07. The number of aliphatic imine (C=N–C) groups is 1. The Morgan fingerprint density at radius 2 is 1.70 bits per heavy atom. The van der Waals surface area contributed by atoms with Crippen LogP contribution in [0.2, 0.25) is 0 Å². The zero-order valence-corrected chi connectivity index (χ0v) is 22.5. The van der Waals surface area contributed by atoms with E-state index in [-0.39, 0.29) is 44.8 Å². The van der Waals surface area contributed by atoms with E-state index in [4.69, 9.17) is 0 Å². The van der Waals surface area contributed by atoms with Crippen molar-refractivity contribution in [2.75, 3.05) is 16.0 Å². The van der Waals surface area contributed by atoms with Crippen molar-refractivity contribution < 1.29 is 46.2 Å². The first-order valence-corrected chi connectivity index (χ1v) is 13.3. The van der Waals surface area contributed by atoms with Crippen molar-refractivity contribution in [3.05, 3.63) is 83.9 Å². The van der Waals surface area contributed by atoms with Crippen molar-refractivity contribution in [1.82, 2.24) is 14.8 Å². The lowest BCUT2D eigenvalue weighted by Crippen LogP contribution is -2.30. The minimum absolute atomic E-state index is 0.0316. The van der Waals surface area contributed by atoms with Crippen LogP contribution in [-0.4, -0.2) is 55.9 Å². The summed E-state index contributed by atoms with van der Waals surface area (Å²) in [5, 5.41) is 6.48. The van der Waals surface area contributed by atoms with Crippen LogP contribution in [0, 0.1) is 5.82 Å². The molecule has 0 bridgehead atoms. The van der Waals surface area contributed by atoms with Gasteiger partial charge in [-0.3, -0.25) is 9.69 Å². The highest BCUT2D eigenvalue weighted by Gasteiger charge is 2.35. The molecule has 0 radical (unpaired) electrons. The first-order valence-electron chi connectivity index (χ1n) is 12.3. The maximum atomic E-state index is 14.9. The van der Waals surface area contributed by atoms with E-state index in [1.807, 2.05) is 0 Å². The zero-order valence-electron chi connectivity index (χ0n) is 21.7. The molecule has 2 aliphatic heterocycles. The van der Waals surface area contributed by atoms with E-state index in [1.165, 1.54) is 53.5 Å². The van der Waals surface area contributed by atoms with Crippen LogP contribution in [0.15, 0.2) is 72.0 Å². The van der Waals surface area contributed by atoms with Crippen molar-refractivity contribution in [2.24, 2.45) is 4.99 Å². The Morgan fingerprint density at radius 1 is 0.977 bits per heavy atom. The highest BCUT2D eigenvalue weighted by molar-refractivity contribution is 8.15. The number of thioether (sulfide) groups is 1. The lowest BCUT2D eigenvalue weighted by atomic mass is 10.1. The second-order valence-corrected chi connectivity index (χ2v) is 9.94. The predicted molar refractivity (Wildman–Crippen MR) is 146 cm³/mol. The lowest BCUT2D eigenvalue weighted by Gasteiger charge is -2.16. The summed E-state index contributed by atoms with van der Waals surface area (Å²) in [6.45, 7) is 0. The minimum atomic E-state index is -4.83. The Bertz CT molecular complexity index is 1890. The summed E-state index contributed by atoms with van der Waals surface area (Å²) in [5.41, 5.74) is 0.568. The number of aromatic nitrogens is 3.